The number of nitrogens with one attached hydrogen (secondary N) is 1. The molecule has 2 heterocycles. The fourth-order valence-electron chi connectivity index (χ4n) is 3.34. The van der Waals surface area contributed by atoms with Crippen molar-refractivity contribution in [2.45, 2.75) is 38.8 Å². The smallest absolute Gasteiger partial charge is 0.221 e. The van der Waals surface area contributed by atoms with Gasteiger partial charge in [-0.2, -0.15) is 5.10 Å². The van der Waals surface area contributed by atoms with Gasteiger partial charge in [0, 0.05) is 36.4 Å². The average Bonchev–Trinajstić information content (AvgIpc) is 3.27. The van der Waals surface area contributed by atoms with E-state index in [9.17, 15) is 4.79 Å². The Hall–Kier alpha value is -1.85. The monoisotopic (exact) mass is 360 g/mol. The molecule has 2 aromatic rings. The maximum Gasteiger partial charge on any atom is 0.221 e. The number of benzene rings is 1. The van der Waals surface area contributed by atoms with Crippen LogP contribution in [0, 0.1) is 6.92 Å². The molecule has 0 radical (unpaired) electrons. The highest BCUT2D eigenvalue weighted by molar-refractivity contribution is 6.30. The summed E-state index contributed by atoms with van der Waals surface area (Å²) < 4.78 is 1.86. The van der Waals surface area contributed by atoms with Crippen LogP contribution in [0.15, 0.2) is 36.5 Å². The first-order valence-corrected chi connectivity index (χ1v) is 9.26. The van der Waals surface area contributed by atoms with Gasteiger partial charge in [-0.05, 0) is 56.6 Å². The van der Waals surface area contributed by atoms with Crippen LogP contribution in [0.1, 0.15) is 36.6 Å². The van der Waals surface area contributed by atoms with E-state index in [-0.39, 0.29) is 11.9 Å². The maximum atomic E-state index is 12.3. The van der Waals surface area contributed by atoms with Gasteiger partial charge >= 0.3 is 0 Å². The minimum atomic E-state index is 0.0630. The van der Waals surface area contributed by atoms with Crippen molar-refractivity contribution in [2.75, 3.05) is 19.6 Å². The van der Waals surface area contributed by atoms with Crippen LogP contribution in [0.5, 0.6) is 0 Å². The second kappa shape index (κ2) is 8.50. The lowest BCUT2D eigenvalue weighted by molar-refractivity contribution is -0.121. The minimum absolute atomic E-state index is 0.0630. The lowest BCUT2D eigenvalue weighted by Crippen LogP contribution is -2.37. The number of likely N-dealkylation sites (tertiary alicyclic amines) is 1. The third-order valence-corrected chi connectivity index (χ3v) is 5.06. The molecule has 1 aliphatic heterocycles. The molecule has 0 bridgehead atoms. The fourth-order valence-corrected chi connectivity index (χ4v) is 3.46. The van der Waals surface area contributed by atoms with Crippen molar-refractivity contribution in [3.63, 3.8) is 0 Å². The van der Waals surface area contributed by atoms with Crippen LogP contribution in [0.3, 0.4) is 0 Å². The zero-order valence-corrected chi connectivity index (χ0v) is 15.4. The SMILES string of the molecule is Cc1ccnn1CCC(=O)NC[C@H](c1ccc(Cl)cc1)N1CCCC1. The zero-order chi connectivity index (χ0) is 17.6. The van der Waals surface area contributed by atoms with Crippen LogP contribution in [0.25, 0.3) is 0 Å². The van der Waals surface area contributed by atoms with E-state index in [1.165, 1.54) is 18.4 Å². The second-order valence-corrected chi connectivity index (χ2v) is 7.00. The van der Waals surface area contributed by atoms with Gasteiger partial charge in [0.15, 0.2) is 0 Å². The molecule has 0 aliphatic carbocycles. The number of carbonyl (C=O) groups is 1. The van der Waals surface area contributed by atoms with Gasteiger partial charge in [0.1, 0.15) is 0 Å². The molecule has 1 N–H and O–H groups in total. The van der Waals surface area contributed by atoms with E-state index in [1.807, 2.05) is 29.8 Å². The molecule has 1 aromatic heterocycles. The largest absolute Gasteiger partial charge is 0.354 e. The van der Waals surface area contributed by atoms with Gasteiger partial charge in [-0.25, -0.2) is 0 Å². The van der Waals surface area contributed by atoms with Crippen LogP contribution in [0.2, 0.25) is 5.02 Å². The summed E-state index contributed by atoms with van der Waals surface area (Å²) in [5.74, 6) is 0.0630. The molecular weight excluding hydrogens is 336 g/mol. The molecule has 0 unspecified atom stereocenters. The summed E-state index contributed by atoms with van der Waals surface area (Å²) in [6.07, 6.45) is 4.64. The lowest BCUT2D eigenvalue weighted by Gasteiger charge is -2.28. The van der Waals surface area contributed by atoms with Gasteiger partial charge in [-0.3, -0.25) is 14.4 Å². The van der Waals surface area contributed by atoms with Crippen molar-refractivity contribution >= 4 is 17.5 Å². The third-order valence-electron chi connectivity index (χ3n) is 4.81. The third kappa shape index (κ3) is 4.83. The maximum absolute atomic E-state index is 12.3. The number of nitrogens with zero attached hydrogens (tertiary/aromatic N) is 3. The molecule has 3 rings (SSSR count). The standard InChI is InChI=1S/C19H25ClN4O/c1-15-8-10-22-24(15)13-9-19(25)21-14-18(23-11-2-3-12-23)16-4-6-17(20)7-5-16/h4-8,10,18H,2-3,9,11-14H2,1H3,(H,21,25)/t18-/m1/s1. The normalized spacial score (nSPS) is 16.1. The van der Waals surface area contributed by atoms with E-state index in [4.69, 9.17) is 11.6 Å². The highest BCUT2D eigenvalue weighted by atomic mass is 35.5. The number of rotatable bonds is 7. The van der Waals surface area contributed by atoms with E-state index >= 15 is 0 Å². The number of carbonyl (C=O) groups excluding carboxylic acids is 1. The van der Waals surface area contributed by atoms with Crippen molar-refractivity contribution in [1.29, 1.82) is 0 Å². The summed E-state index contributed by atoms with van der Waals surface area (Å²) in [5, 5.41) is 8.06. The van der Waals surface area contributed by atoms with E-state index in [2.05, 4.69) is 27.4 Å². The summed E-state index contributed by atoms with van der Waals surface area (Å²) >= 11 is 6.01. The number of amides is 1. The minimum Gasteiger partial charge on any atom is -0.354 e. The van der Waals surface area contributed by atoms with E-state index in [0.717, 1.165) is 23.8 Å². The summed E-state index contributed by atoms with van der Waals surface area (Å²) in [6.45, 7) is 5.39. The van der Waals surface area contributed by atoms with E-state index < -0.39 is 0 Å². The lowest BCUT2D eigenvalue weighted by atomic mass is 10.1. The molecule has 1 fully saturated rings. The van der Waals surface area contributed by atoms with E-state index in [0.29, 0.717) is 19.5 Å². The predicted molar refractivity (Wildman–Crippen MR) is 99.6 cm³/mol. The predicted octanol–water partition coefficient (Wildman–Crippen LogP) is 3.19. The molecule has 1 aromatic carbocycles. The van der Waals surface area contributed by atoms with Gasteiger partial charge in [0.05, 0.1) is 6.04 Å². The Balaban J connectivity index is 1.57. The Kier molecular flexibility index (Phi) is 6.10. The molecule has 1 saturated heterocycles. The molecule has 134 valence electrons. The Labute approximate surface area is 154 Å². The molecule has 1 amide bonds. The van der Waals surface area contributed by atoms with Crippen LogP contribution in [-0.4, -0.2) is 40.2 Å². The molecule has 1 atom stereocenters. The van der Waals surface area contributed by atoms with Crippen molar-refractivity contribution in [3.8, 4) is 0 Å². The van der Waals surface area contributed by atoms with Gasteiger partial charge in [0.25, 0.3) is 0 Å². The fraction of sp³-hybridized carbons (Fsp3) is 0.474. The van der Waals surface area contributed by atoms with Crippen LogP contribution >= 0.6 is 11.6 Å². The summed E-state index contributed by atoms with van der Waals surface area (Å²) in [5.41, 5.74) is 2.28. The Bertz CT molecular complexity index is 692. The molecule has 5 nitrogen and oxygen atoms in total. The van der Waals surface area contributed by atoms with E-state index in [1.54, 1.807) is 6.20 Å². The summed E-state index contributed by atoms with van der Waals surface area (Å²) in [7, 11) is 0. The number of aryl methyl sites for hydroxylation is 2. The quantitative estimate of drug-likeness (QED) is 0.825. The van der Waals surface area contributed by atoms with Gasteiger partial charge in [-0.1, -0.05) is 23.7 Å². The number of aromatic nitrogens is 2. The topological polar surface area (TPSA) is 50.2 Å². The van der Waals surface area contributed by atoms with Gasteiger partial charge in [-0.15, -0.1) is 0 Å². The van der Waals surface area contributed by atoms with Gasteiger partial charge in [0.2, 0.25) is 5.91 Å². The van der Waals surface area contributed by atoms with Crippen molar-refractivity contribution < 1.29 is 4.79 Å². The molecular formula is C19H25ClN4O. The van der Waals surface area contributed by atoms with Crippen molar-refractivity contribution in [3.05, 3.63) is 52.8 Å². The first-order valence-electron chi connectivity index (χ1n) is 8.88. The Morgan fingerprint density at radius 3 is 2.60 bits per heavy atom. The molecule has 25 heavy (non-hydrogen) atoms. The Morgan fingerprint density at radius 2 is 1.96 bits per heavy atom. The zero-order valence-electron chi connectivity index (χ0n) is 14.6. The molecule has 6 heteroatoms. The average molecular weight is 361 g/mol. The summed E-state index contributed by atoms with van der Waals surface area (Å²) in [6, 6.07) is 10.1. The Morgan fingerprint density at radius 1 is 1.24 bits per heavy atom. The first kappa shape index (κ1) is 18.0. The molecule has 0 spiro atoms. The number of hydrogen-bond donors (Lipinski definition) is 1. The van der Waals surface area contributed by atoms with Crippen molar-refractivity contribution in [1.82, 2.24) is 20.0 Å². The number of hydrogen-bond acceptors (Lipinski definition) is 3. The van der Waals surface area contributed by atoms with Crippen LogP contribution < -0.4 is 5.32 Å². The molecule has 0 saturated carbocycles. The highest BCUT2D eigenvalue weighted by Crippen LogP contribution is 2.25. The molecule has 1 aliphatic rings. The summed E-state index contributed by atoms with van der Waals surface area (Å²) in [4.78, 5) is 14.7. The van der Waals surface area contributed by atoms with Gasteiger partial charge < -0.3 is 5.32 Å². The van der Waals surface area contributed by atoms with Crippen molar-refractivity contribution in [2.24, 2.45) is 0 Å². The highest BCUT2D eigenvalue weighted by Gasteiger charge is 2.23. The number of halogens is 1. The van der Waals surface area contributed by atoms with Crippen LogP contribution in [-0.2, 0) is 11.3 Å². The first-order chi connectivity index (χ1) is 12.1. The van der Waals surface area contributed by atoms with Crippen LogP contribution in [0.4, 0.5) is 0 Å². The second-order valence-electron chi connectivity index (χ2n) is 6.56.